The van der Waals surface area contributed by atoms with Gasteiger partial charge in [-0.25, -0.2) is 0 Å². The number of amides is 1. The van der Waals surface area contributed by atoms with E-state index in [9.17, 15) is 9.90 Å². The molecule has 0 radical (unpaired) electrons. The number of β-amino-alcohol motifs (C(OH)–C–C–N with tert-alkyl or cyclic N) is 1. The van der Waals surface area contributed by atoms with E-state index in [0.717, 1.165) is 5.75 Å². The topological polar surface area (TPSA) is 49.8 Å². The van der Waals surface area contributed by atoms with Crippen molar-refractivity contribution in [3.63, 3.8) is 0 Å². The van der Waals surface area contributed by atoms with Crippen LogP contribution in [0.5, 0.6) is 5.75 Å². The maximum absolute atomic E-state index is 12.1. The molecule has 0 saturated carbocycles. The molecule has 0 unspecified atom stereocenters. The Morgan fingerprint density at radius 3 is 2.63 bits per heavy atom. The van der Waals surface area contributed by atoms with Crippen molar-refractivity contribution in [3.05, 3.63) is 29.8 Å². The van der Waals surface area contributed by atoms with Crippen LogP contribution in [0.4, 0.5) is 0 Å². The Kier molecular flexibility index (Phi) is 4.43. The highest BCUT2D eigenvalue weighted by Crippen LogP contribution is 2.17. The van der Waals surface area contributed by atoms with Crippen molar-refractivity contribution in [3.8, 4) is 5.75 Å². The Morgan fingerprint density at radius 2 is 2.11 bits per heavy atom. The van der Waals surface area contributed by atoms with Crippen LogP contribution in [0.1, 0.15) is 30.6 Å². The van der Waals surface area contributed by atoms with Gasteiger partial charge in [0.05, 0.1) is 12.7 Å². The number of rotatable bonds is 4. The minimum Gasteiger partial charge on any atom is -0.493 e. The molecule has 1 aromatic rings. The van der Waals surface area contributed by atoms with Crippen LogP contribution in [0, 0.1) is 5.92 Å². The third-order valence-corrected chi connectivity index (χ3v) is 3.14. The molecule has 4 heteroatoms. The predicted octanol–water partition coefficient (Wildman–Crippen LogP) is 1.93. The van der Waals surface area contributed by atoms with Crippen molar-refractivity contribution in [2.45, 2.75) is 26.4 Å². The quantitative estimate of drug-likeness (QED) is 0.903. The molecule has 104 valence electrons. The van der Waals surface area contributed by atoms with Gasteiger partial charge >= 0.3 is 0 Å². The number of hydrogen-bond donors (Lipinski definition) is 1. The van der Waals surface area contributed by atoms with Gasteiger partial charge in [0.1, 0.15) is 5.75 Å². The molecule has 2 rings (SSSR count). The van der Waals surface area contributed by atoms with Crippen LogP contribution in [0.15, 0.2) is 24.3 Å². The van der Waals surface area contributed by atoms with E-state index in [1.54, 1.807) is 17.0 Å². The summed E-state index contributed by atoms with van der Waals surface area (Å²) in [6, 6.07) is 7.20. The molecule has 1 aliphatic rings. The van der Waals surface area contributed by atoms with E-state index in [0.29, 0.717) is 37.6 Å². The van der Waals surface area contributed by atoms with E-state index >= 15 is 0 Å². The van der Waals surface area contributed by atoms with Crippen LogP contribution >= 0.6 is 0 Å². The van der Waals surface area contributed by atoms with E-state index in [1.807, 2.05) is 12.1 Å². The van der Waals surface area contributed by atoms with Crippen molar-refractivity contribution in [1.29, 1.82) is 0 Å². The van der Waals surface area contributed by atoms with E-state index in [2.05, 4.69) is 13.8 Å². The summed E-state index contributed by atoms with van der Waals surface area (Å²) >= 11 is 0. The van der Waals surface area contributed by atoms with Crippen LogP contribution in [-0.2, 0) is 0 Å². The first-order valence-electron chi connectivity index (χ1n) is 6.76. The molecule has 1 amide bonds. The molecular weight excluding hydrogens is 242 g/mol. The zero-order chi connectivity index (χ0) is 13.8. The van der Waals surface area contributed by atoms with Crippen LogP contribution in [-0.4, -0.2) is 41.7 Å². The number of hydrogen-bond acceptors (Lipinski definition) is 3. The van der Waals surface area contributed by atoms with Gasteiger partial charge in [-0.2, -0.15) is 0 Å². The maximum atomic E-state index is 12.1. The van der Waals surface area contributed by atoms with Crippen molar-refractivity contribution in [2.75, 3.05) is 19.7 Å². The minimum atomic E-state index is -0.377. The second-order valence-corrected chi connectivity index (χ2v) is 5.42. The molecule has 1 aliphatic heterocycles. The Morgan fingerprint density at radius 1 is 1.42 bits per heavy atom. The third kappa shape index (κ3) is 3.70. The van der Waals surface area contributed by atoms with E-state index in [1.165, 1.54) is 0 Å². The number of carbonyl (C=O) groups excluding carboxylic acids is 1. The smallest absolute Gasteiger partial charge is 0.253 e. The first kappa shape index (κ1) is 13.9. The Balaban J connectivity index is 1.96. The molecule has 1 aromatic carbocycles. The average Bonchev–Trinajstić information content (AvgIpc) is 2.83. The second kappa shape index (κ2) is 6.06. The highest BCUT2D eigenvalue weighted by molar-refractivity contribution is 5.94. The third-order valence-electron chi connectivity index (χ3n) is 3.14. The minimum absolute atomic E-state index is 0.0213. The summed E-state index contributed by atoms with van der Waals surface area (Å²) in [6.45, 7) is 5.93. The predicted molar refractivity (Wildman–Crippen MR) is 73.3 cm³/mol. The molecule has 19 heavy (non-hydrogen) atoms. The summed E-state index contributed by atoms with van der Waals surface area (Å²) in [5.41, 5.74) is 0.644. The number of aliphatic hydroxyl groups excluding tert-OH is 1. The number of carbonyl (C=O) groups is 1. The molecule has 1 fully saturated rings. The molecular formula is C15H21NO3. The zero-order valence-corrected chi connectivity index (χ0v) is 11.5. The fourth-order valence-corrected chi connectivity index (χ4v) is 2.07. The van der Waals surface area contributed by atoms with Gasteiger partial charge < -0.3 is 14.7 Å². The molecule has 1 N–H and O–H groups in total. The molecule has 0 bridgehead atoms. The normalized spacial score (nSPS) is 18.9. The van der Waals surface area contributed by atoms with Gasteiger partial charge in [0.25, 0.3) is 5.91 Å². The average molecular weight is 263 g/mol. The van der Waals surface area contributed by atoms with Crippen LogP contribution in [0.3, 0.4) is 0 Å². The van der Waals surface area contributed by atoms with Crippen molar-refractivity contribution in [2.24, 2.45) is 5.92 Å². The molecule has 1 heterocycles. The van der Waals surface area contributed by atoms with Gasteiger partial charge in [-0.05, 0) is 36.6 Å². The van der Waals surface area contributed by atoms with E-state index in [4.69, 9.17) is 4.74 Å². The maximum Gasteiger partial charge on any atom is 0.253 e. The SMILES string of the molecule is CC(C)COc1ccc(C(=O)N2CC[C@H](O)C2)cc1. The molecule has 0 aliphatic carbocycles. The van der Waals surface area contributed by atoms with Crippen molar-refractivity contribution < 1.29 is 14.6 Å². The Bertz CT molecular complexity index is 428. The summed E-state index contributed by atoms with van der Waals surface area (Å²) in [5.74, 6) is 1.24. The first-order valence-corrected chi connectivity index (χ1v) is 6.76. The van der Waals surface area contributed by atoms with Crippen molar-refractivity contribution in [1.82, 2.24) is 4.90 Å². The Hall–Kier alpha value is -1.55. The fourth-order valence-electron chi connectivity index (χ4n) is 2.07. The van der Waals surface area contributed by atoms with Gasteiger partial charge in [0.15, 0.2) is 0 Å². The lowest BCUT2D eigenvalue weighted by Crippen LogP contribution is -2.29. The first-order chi connectivity index (χ1) is 9.06. The fraction of sp³-hybridized carbons (Fsp3) is 0.533. The Labute approximate surface area is 114 Å². The molecule has 0 aromatic heterocycles. The second-order valence-electron chi connectivity index (χ2n) is 5.42. The number of ether oxygens (including phenoxy) is 1. The lowest BCUT2D eigenvalue weighted by Gasteiger charge is -2.16. The number of likely N-dealkylation sites (tertiary alicyclic amines) is 1. The molecule has 0 spiro atoms. The van der Waals surface area contributed by atoms with Gasteiger partial charge in [0, 0.05) is 18.7 Å². The number of aliphatic hydroxyl groups is 1. The summed E-state index contributed by atoms with van der Waals surface area (Å²) < 4.78 is 5.58. The standard InChI is InChI=1S/C15H21NO3/c1-11(2)10-19-14-5-3-12(4-6-14)15(18)16-8-7-13(17)9-16/h3-6,11,13,17H,7-10H2,1-2H3/t13-/m0/s1. The molecule has 1 atom stereocenters. The summed E-state index contributed by atoms with van der Waals surface area (Å²) in [4.78, 5) is 13.8. The highest BCUT2D eigenvalue weighted by Gasteiger charge is 2.25. The highest BCUT2D eigenvalue weighted by atomic mass is 16.5. The monoisotopic (exact) mass is 263 g/mol. The van der Waals surface area contributed by atoms with Gasteiger partial charge in [-0.15, -0.1) is 0 Å². The van der Waals surface area contributed by atoms with Crippen LogP contribution in [0.25, 0.3) is 0 Å². The number of nitrogens with zero attached hydrogens (tertiary/aromatic N) is 1. The van der Waals surface area contributed by atoms with Crippen LogP contribution < -0.4 is 4.74 Å². The zero-order valence-electron chi connectivity index (χ0n) is 11.5. The van der Waals surface area contributed by atoms with E-state index < -0.39 is 0 Å². The van der Waals surface area contributed by atoms with Crippen molar-refractivity contribution >= 4 is 5.91 Å². The summed E-state index contributed by atoms with van der Waals surface area (Å²) in [7, 11) is 0. The van der Waals surface area contributed by atoms with Gasteiger partial charge in [-0.1, -0.05) is 13.8 Å². The lowest BCUT2D eigenvalue weighted by molar-refractivity contribution is 0.0765. The van der Waals surface area contributed by atoms with Gasteiger partial charge in [0.2, 0.25) is 0 Å². The summed E-state index contributed by atoms with van der Waals surface area (Å²) in [6.07, 6.45) is 0.291. The lowest BCUT2D eigenvalue weighted by atomic mass is 10.2. The van der Waals surface area contributed by atoms with Gasteiger partial charge in [-0.3, -0.25) is 4.79 Å². The molecule has 4 nitrogen and oxygen atoms in total. The van der Waals surface area contributed by atoms with Crippen LogP contribution in [0.2, 0.25) is 0 Å². The number of benzene rings is 1. The van der Waals surface area contributed by atoms with E-state index in [-0.39, 0.29) is 12.0 Å². The largest absolute Gasteiger partial charge is 0.493 e. The summed E-state index contributed by atoms with van der Waals surface area (Å²) in [5, 5.41) is 9.45. The molecule has 1 saturated heterocycles.